The summed E-state index contributed by atoms with van der Waals surface area (Å²) in [7, 11) is 0. The molecule has 0 aliphatic heterocycles. The summed E-state index contributed by atoms with van der Waals surface area (Å²) in [6.45, 7) is 3.50. The molecule has 0 saturated carbocycles. The molecule has 2 aromatic carbocycles. The maximum absolute atomic E-state index is 13.0. The Bertz CT molecular complexity index is 847. The molecule has 0 spiro atoms. The summed E-state index contributed by atoms with van der Waals surface area (Å²) < 4.78 is 5.93. The van der Waals surface area contributed by atoms with E-state index in [2.05, 4.69) is 36.5 Å². The molecular formula is C26H31NO3. The predicted octanol–water partition coefficient (Wildman–Crippen LogP) is 3.97. The third-order valence-electron chi connectivity index (χ3n) is 5.34. The van der Waals surface area contributed by atoms with Crippen LogP contribution in [0.15, 0.2) is 85.0 Å². The molecule has 30 heavy (non-hydrogen) atoms. The van der Waals surface area contributed by atoms with Gasteiger partial charge in [0.2, 0.25) is 0 Å². The summed E-state index contributed by atoms with van der Waals surface area (Å²) in [4.78, 5) is 13.0. The molecule has 2 N–H and O–H groups in total. The Kier molecular flexibility index (Phi) is 8.14. The molecule has 4 heteroatoms. The lowest BCUT2D eigenvalue weighted by atomic mass is 9.84. The van der Waals surface area contributed by atoms with Crippen LogP contribution in [0, 0.1) is 5.41 Å². The van der Waals surface area contributed by atoms with Crippen molar-refractivity contribution in [3.8, 4) is 0 Å². The molecule has 0 aromatic heterocycles. The number of allylic oxidation sites excluding steroid dienone is 3. The molecule has 3 atom stereocenters. The number of hydrogen-bond donors (Lipinski definition) is 2. The second-order valence-corrected chi connectivity index (χ2v) is 8.17. The molecule has 158 valence electrons. The summed E-state index contributed by atoms with van der Waals surface area (Å²) in [5.74, 6) is -0.0637. The fourth-order valence-electron chi connectivity index (χ4n) is 3.56. The number of aliphatic hydroxyl groups excluding tert-OH is 1. The quantitative estimate of drug-likeness (QED) is 0.556. The van der Waals surface area contributed by atoms with Crippen molar-refractivity contribution in [1.82, 2.24) is 5.32 Å². The molecule has 0 radical (unpaired) electrons. The smallest absolute Gasteiger partial charge is 0.191 e. The fraction of sp³-hybridized carbons (Fsp3) is 0.346. The van der Waals surface area contributed by atoms with Crippen LogP contribution in [0.3, 0.4) is 0 Å². The number of carbonyl (C=O) groups is 1. The highest BCUT2D eigenvalue weighted by Crippen LogP contribution is 2.25. The van der Waals surface area contributed by atoms with Gasteiger partial charge in [-0.15, -0.1) is 0 Å². The highest BCUT2D eigenvalue weighted by atomic mass is 16.5. The van der Waals surface area contributed by atoms with Gasteiger partial charge in [-0.2, -0.15) is 0 Å². The maximum atomic E-state index is 13.0. The first-order chi connectivity index (χ1) is 14.6. The topological polar surface area (TPSA) is 58.6 Å². The summed E-state index contributed by atoms with van der Waals surface area (Å²) >= 11 is 0. The van der Waals surface area contributed by atoms with E-state index in [0.717, 1.165) is 18.5 Å². The number of carbonyl (C=O) groups excluding carboxylic acids is 1. The predicted molar refractivity (Wildman–Crippen MR) is 121 cm³/mol. The average molecular weight is 406 g/mol. The summed E-state index contributed by atoms with van der Waals surface area (Å²) in [6.07, 6.45) is 8.61. The van der Waals surface area contributed by atoms with Crippen molar-refractivity contribution < 1.29 is 14.6 Å². The SMILES string of the molecule is CC1(CNCC(O)COC(Cc2ccccc2)C(=O)c2ccccc2)C=CC=CC1. The number of nitrogens with one attached hydrogen (secondary N) is 1. The van der Waals surface area contributed by atoms with Gasteiger partial charge < -0.3 is 15.2 Å². The van der Waals surface area contributed by atoms with Crippen LogP contribution in [-0.2, 0) is 11.2 Å². The average Bonchev–Trinajstić information content (AvgIpc) is 2.78. The zero-order chi connectivity index (χ0) is 21.2. The van der Waals surface area contributed by atoms with E-state index in [0.29, 0.717) is 18.5 Å². The highest BCUT2D eigenvalue weighted by molar-refractivity contribution is 5.99. The number of hydrogen-bond acceptors (Lipinski definition) is 4. The van der Waals surface area contributed by atoms with Gasteiger partial charge >= 0.3 is 0 Å². The lowest BCUT2D eigenvalue weighted by molar-refractivity contribution is -0.00206. The van der Waals surface area contributed by atoms with E-state index in [-0.39, 0.29) is 17.8 Å². The minimum Gasteiger partial charge on any atom is -0.389 e. The standard InChI is InChI=1S/C26H31NO3/c1-26(15-9-4-10-16-26)20-27-18-23(28)19-30-24(17-21-11-5-2-6-12-21)25(29)22-13-7-3-8-14-22/h2-15,23-24,27-28H,16-20H2,1H3. The molecule has 3 unspecified atom stereocenters. The number of Topliss-reactive ketones (excluding diaryl/α,β-unsaturated/α-hetero) is 1. The molecule has 0 saturated heterocycles. The maximum Gasteiger partial charge on any atom is 0.191 e. The second-order valence-electron chi connectivity index (χ2n) is 8.17. The van der Waals surface area contributed by atoms with Crippen molar-refractivity contribution in [2.45, 2.75) is 32.0 Å². The Morgan fingerprint density at radius 3 is 2.47 bits per heavy atom. The second kappa shape index (κ2) is 11.0. The van der Waals surface area contributed by atoms with Gasteiger partial charge in [-0.1, -0.05) is 91.9 Å². The van der Waals surface area contributed by atoms with Crippen molar-refractivity contribution in [1.29, 1.82) is 0 Å². The van der Waals surface area contributed by atoms with E-state index in [1.54, 1.807) is 12.1 Å². The molecule has 3 rings (SSSR count). The van der Waals surface area contributed by atoms with E-state index in [1.165, 1.54) is 0 Å². The number of ether oxygens (including phenoxy) is 1. The van der Waals surface area contributed by atoms with Crippen LogP contribution in [0.25, 0.3) is 0 Å². The Morgan fingerprint density at radius 1 is 1.10 bits per heavy atom. The van der Waals surface area contributed by atoms with Crippen LogP contribution < -0.4 is 5.32 Å². The first-order valence-electron chi connectivity index (χ1n) is 10.5. The molecule has 1 aliphatic carbocycles. The lowest BCUT2D eigenvalue weighted by Crippen LogP contribution is -2.38. The highest BCUT2D eigenvalue weighted by Gasteiger charge is 2.23. The molecule has 0 bridgehead atoms. The molecular weight excluding hydrogens is 374 g/mol. The summed E-state index contributed by atoms with van der Waals surface area (Å²) in [5, 5.41) is 13.7. The fourth-order valence-corrected chi connectivity index (χ4v) is 3.56. The van der Waals surface area contributed by atoms with E-state index in [1.807, 2.05) is 48.5 Å². The van der Waals surface area contributed by atoms with E-state index in [4.69, 9.17) is 4.74 Å². The van der Waals surface area contributed by atoms with Crippen molar-refractivity contribution in [2.75, 3.05) is 19.7 Å². The lowest BCUT2D eigenvalue weighted by Gasteiger charge is -2.27. The minimum absolute atomic E-state index is 0.0637. The van der Waals surface area contributed by atoms with Crippen LogP contribution in [0.4, 0.5) is 0 Å². The first-order valence-corrected chi connectivity index (χ1v) is 10.5. The third kappa shape index (κ3) is 6.77. The van der Waals surface area contributed by atoms with Crippen LogP contribution in [0.5, 0.6) is 0 Å². The Hall–Kier alpha value is -2.53. The van der Waals surface area contributed by atoms with E-state index in [9.17, 15) is 9.90 Å². The van der Waals surface area contributed by atoms with Crippen LogP contribution in [0.2, 0.25) is 0 Å². The summed E-state index contributed by atoms with van der Waals surface area (Å²) in [5.41, 5.74) is 1.72. The molecule has 1 aliphatic rings. The zero-order valence-corrected chi connectivity index (χ0v) is 17.5. The van der Waals surface area contributed by atoms with Gasteiger partial charge in [0.15, 0.2) is 5.78 Å². The van der Waals surface area contributed by atoms with Crippen LogP contribution in [-0.4, -0.2) is 42.8 Å². The molecule has 2 aromatic rings. The van der Waals surface area contributed by atoms with Gasteiger partial charge in [0.25, 0.3) is 0 Å². The zero-order valence-electron chi connectivity index (χ0n) is 17.5. The Labute approximate surface area is 179 Å². The van der Waals surface area contributed by atoms with Gasteiger partial charge in [0.05, 0.1) is 12.7 Å². The van der Waals surface area contributed by atoms with Crippen molar-refractivity contribution in [3.05, 3.63) is 96.1 Å². The van der Waals surface area contributed by atoms with Gasteiger partial charge in [-0.3, -0.25) is 4.79 Å². The van der Waals surface area contributed by atoms with Gasteiger partial charge in [-0.05, 0) is 12.0 Å². The van der Waals surface area contributed by atoms with Crippen molar-refractivity contribution >= 4 is 5.78 Å². The van der Waals surface area contributed by atoms with Gasteiger partial charge in [0, 0.05) is 30.5 Å². The van der Waals surface area contributed by atoms with Crippen LogP contribution >= 0.6 is 0 Å². The molecule has 0 fully saturated rings. The number of rotatable bonds is 11. The van der Waals surface area contributed by atoms with E-state index < -0.39 is 12.2 Å². The molecule has 0 heterocycles. The molecule has 0 amide bonds. The number of aliphatic hydroxyl groups is 1. The third-order valence-corrected chi connectivity index (χ3v) is 5.34. The van der Waals surface area contributed by atoms with E-state index >= 15 is 0 Å². The molecule has 4 nitrogen and oxygen atoms in total. The number of benzene rings is 2. The number of ketones is 1. The summed E-state index contributed by atoms with van der Waals surface area (Å²) in [6, 6.07) is 19.0. The normalized spacial score (nSPS) is 20.1. The largest absolute Gasteiger partial charge is 0.389 e. The Morgan fingerprint density at radius 2 is 1.80 bits per heavy atom. The van der Waals surface area contributed by atoms with Gasteiger partial charge in [-0.25, -0.2) is 0 Å². The van der Waals surface area contributed by atoms with Crippen LogP contribution in [0.1, 0.15) is 29.3 Å². The van der Waals surface area contributed by atoms with Gasteiger partial charge in [0.1, 0.15) is 6.10 Å². The van der Waals surface area contributed by atoms with Crippen molar-refractivity contribution in [2.24, 2.45) is 5.41 Å². The Balaban J connectivity index is 1.54. The first kappa shape index (κ1) is 22.2. The monoisotopic (exact) mass is 405 g/mol. The minimum atomic E-state index is -0.682. The van der Waals surface area contributed by atoms with Crippen molar-refractivity contribution in [3.63, 3.8) is 0 Å².